The number of unbranched alkanes of at least 4 members (excludes halogenated alkanes) is 1. The van der Waals surface area contributed by atoms with E-state index in [-0.39, 0.29) is 11.5 Å². The van der Waals surface area contributed by atoms with Crippen LogP contribution < -0.4 is 10.5 Å². The summed E-state index contributed by atoms with van der Waals surface area (Å²) in [6.07, 6.45) is 3.30. The minimum Gasteiger partial charge on any atom is -0.494 e. The highest BCUT2D eigenvalue weighted by atomic mass is 19.2. The molecule has 160 valence electrons. The largest absolute Gasteiger partial charge is 0.494 e. The SMILES string of the molecule is CCCCOc1ccc(CC(N)c2ncc(-c3c(F)c(F)c(F)c(F)c3F)[nH]2)cc1. The maximum absolute atomic E-state index is 14.0. The molecule has 0 fully saturated rings. The van der Waals surface area contributed by atoms with Crippen molar-refractivity contribution < 1.29 is 26.7 Å². The van der Waals surface area contributed by atoms with Crippen LogP contribution >= 0.6 is 0 Å². The average molecular weight is 425 g/mol. The smallest absolute Gasteiger partial charge is 0.200 e. The molecule has 0 aliphatic rings. The van der Waals surface area contributed by atoms with Crippen LogP contribution in [0.5, 0.6) is 5.75 Å². The number of hydrogen-bond acceptors (Lipinski definition) is 3. The number of imidazole rings is 1. The number of nitrogens with two attached hydrogens (primary N) is 1. The van der Waals surface area contributed by atoms with Gasteiger partial charge in [-0.15, -0.1) is 0 Å². The molecule has 1 aromatic heterocycles. The molecule has 0 saturated heterocycles. The maximum atomic E-state index is 14.0. The molecule has 0 bridgehead atoms. The van der Waals surface area contributed by atoms with Gasteiger partial charge >= 0.3 is 0 Å². The van der Waals surface area contributed by atoms with Gasteiger partial charge in [0.15, 0.2) is 23.3 Å². The fraction of sp³-hybridized carbons (Fsp3) is 0.286. The summed E-state index contributed by atoms with van der Waals surface area (Å²) in [5.41, 5.74) is 5.52. The molecule has 1 unspecified atom stereocenters. The summed E-state index contributed by atoms with van der Waals surface area (Å²) in [6.45, 7) is 2.70. The number of rotatable bonds is 8. The zero-order chi connectivity index (χ0) is 21.8. The summed E-state index contributed by atoms with van der Waals surface area (Å²) >= 11 is 0. The number of H-pyrrole nitrogens is 1. The highest BCUT2D eigenvalue weighted by Gasteiger charge is 2.28. The van der Waals surface area contributed by atoms with Crippen molar-refractivity contribution in [3.8, 4) is 17.0 Å². The predicted octanol–water partition coefficient (Wildman–Crippen LogP) is 5.19. The van der Waals surface area contributed by atoms with E-state index in [9.17, 15) is 22.0 Å². The molecule has 3 N–H and O–H groups in total. The van der Waals surface area contributed by atoms with Crippen LogP contribution in [0.2, 0.25) is 0 Å². The molecule has 9 heteroatoms. The summed E-state index contributed by atoms with van der Waals surface area (Å²) in [5.74, 6) is -9.25. The summed E-state index contributed by atoms with van der Waals surface area (Å²) in [6, 6.07) is 6.58. The van der Waals surface area contributed by atoms with Gasteiger partial charge in [0, 0.05) is 0 Å². The van der Waals surface area contributed by atoms with Crippen LogP contribution in [0.4, 0.5) is 22.0 Å². The standard InChI is InChI=1S/C21H20F5N3O/c1-2-3-8-30-12-6-4-11(5-7-12)9-13(27)21-28-10-14(29-21)15-16(22)18(24)20(26)19(25)17(15)23/h4-7,10,13H,2-3,8-9,27H2,1H3,(H,28,29). The predicted molar refractivity (Wildman–Crippen MR) is 101 cm³/mol. The Hall–Kier alpha value is -2.94. The van der Waals surface area contributed by atoms with Crippen LogP contribution in [-0.2, 0) is 6.42 Å². The summed E-state index contributed by atoms with van der Waals surface area (Å²) in [7, 11) is 0. The van der Waals surface area contributed by atoms with E-state index in [4.69, 9.17) is 10.5 Å². The van der Waals surface area contributed by atoms with Crippen molar-refractivity contribution in [3.63, 3.8) is 0 Å². The van der Waals surface area contributed by atoms with Crippen LogP contribution in [0, 0.1) is 29.1 Å². The first-order chi connectivity index (χ1) is 14.3. The van der Waals surface area contributed by atoms with Crippen LogP contribution in [0.25, 0.3) is 11.3 Å². The number of nitrogens with one attached hydrogen (secondary N) is 1. The lowest BCUT2D eigenvalue weighted by Gasteiger charge is -2.11. The number of ether oxygens (including phenoxy) is 1. The van der Waals surface area contributed by atoms with E-state index in [1.165, 1.54) is 0 Å². The molecule has 0 aliphatic carbocycles. The van der Waals surface area contributed by atoms with Crippen molar-refractivity contribution in [3.05, 3.63) is 70.9 Å². The molecule has 0 radical (unpaired) electrons. The normalized spacial score (nSPS) is 12.2. The molecular formula is C21H20F5N3O. The van der Waals surface area contributed by atoms with Gasteiger partial charge in [0.1, 0.15) is 11.6 Å². The van der Waals surface area contributed by atoms with Crippen molar-refractivity contribution in [2.75, 3.05) is 6.61 Å². The summed E-state index contributed by atoms with van der Waals surface area (Å²) in [4.78, 5) is 6.50. The number of hydrogen-bond donors (Lipinski definition) is 2. The van der Waals surface area contributed by atoms with Crippen molar-refractivity contribution in [1.82, 2.24) is 9.97 Å². The highest BCUT2D eigenvalue weighted by Crippen LogP contribution is 2.31. The van der Waals surface area contributed by atoms with Crippen LogP contribution in [0.1, 0.15) is 37.2 Å². The Bertz CT molecular complexity index is 991. The Morgan fingerprint density at radius 3 is 2.17 bits per heavy atom. The van der Waals surface area contributed by atoms with E-state index >= 15 is 0 Å². The first-order valence-electron chi connectivity index (χ1n) is 9.37. The number of aromatic amines is 1. The zero-order valence-electron chi connectivity index (χ0n) is 16.1. The van der Waals surface area contributed by atoms with Crippen LogP contribution in [0.3, 0.4) is 0 Å². The second kappa shape index (κ2) is 9.25. The van der Waals surface area contributed by atoms with Gasteiger partial charge in [0.05, 0.1) is 30.1 Å². The van der Waals surface area contributed by atoms with Crippen molar-refractivity contribution in [2.24, 2.45) is 5.73 Å². The molecule has 4 nitrogen and oxygen atoms in total. The van der Waals surface area contributed by atoms with Crippen LogP contribution in [-0.4, -0.2) is 16.6 Å². The molecule has 0 amide bonds. The summed E-state index contributed by atoms with van der Waals surface area (Å²) < 4.78 is 73.7. The molecule has 0 saturated carbocycles. The van der Waals surface area contributed by atoms with Gasteiger partial charge in [-0.2, -0.15) is 0 Å². The Labute approximate surface area is 169 Å². The third-order valence-electron chi connectivity index (χ3n) is 4.57. The third kappa shape index (κ3) is 4.46. The Balaban J connectivity index is 1.75. The molecule has 1 heterocycles. The zero-order valence-corrected chi connectivity index (χ0v) is 16.1. The van der Waals surface area contributed by atoms with E-state index in [1.807, 2.05) is 12.1 Å². The fourth-order valence-corrected chi connectivity index (χ4v) is 2.90. The topological polar surface area (TPSA) is 63.9 Å². The quantitative estimate of drug-likeness (QED) is 0.226. The van der Waals surface area contributed by atoms with Gasteiger partial charge in [-0.1, -0.05) is 25.5 Å². The van der Waals surface area contributed by atoms with Crippen molar-refractivity contribution >= 4 is 0 Å². The molecule has 0 spiro atoms. The first-order valence-corrected chi connectivity index (χ1v) is 9.37. The van der Waals surface area contributed by atoms with Gasteiger partial charge in [-0.05, 0) is 30.5 Å². The minimum atomic E-state index is -2.22. The van der Waals surface area contributed by atoms with Gasteiger partial charge < -0.3 is 15.5 Å². The van der Waals surface area contributed by atoms with E-state index in [0.29, 0.717) is 13.0 Å². The molecule has 2 aromatic carbocycles. The monoisotopic (exact) mass is 425 g/mol. The van der Waals surface area contributed by atoms with Gasteiger partial charge in [-0.25, -0.2) is 26.9 Å². The number of benzene rings is 2. The average Bonchev–Trinajstić information content (AvgIpc) is 3.22. The fourth-order valence-electron chi connectivity index (χ4n) is 2.90. The molecule has 30 heavy (non-hydrogen) atoms. The number of aromatic nitrogens is 2. The van der Waals surface area contributed by atoms with E-state index in [0.717, 1.165) is 30.4 Å². The van der Waals surface area contributed by atoms with Crippen molar-refractivity contribution in [1.29, 1.82) is 0 Å². The Morgan fingerprint density at radius 2 is 1.57 bits per heavy atom. The van der Waals surface area contributed by atoms with Gasteiger partial charge in [0.2, 0.25) is 5.82 Å². The highest BCUT2D eigenvalue weighted by molar-refractivity contribution is 5.61. The molecule has 3 rings (SSSR count). The maximum Gasteiger partial charge on any atom is 0.200 e. The number of nitrogens with zero attached hydrogens (tertiary/aromatic N) is 1. The van der Waals surface area contributed by atoms with Gasteiger partial charge in [-0.3, -0.25) is 0 Å². The van der Waals surface area contributed by atoms with Crippen molar-refractivity contribution in [2.45, 2.75) is 32.2 Å². The molecular weight excluding hydrogens is 405 g/mol. The van der Waals surface area contributed by atoms with Gasteiger partial charge in [0.25, 0.3) is 0 Å². The Morgan fingerprint density at radius 1 is 0.967 bits per heavy atom. The summed E-state index contributed by atoms with van der Waals surface area (Å²) in [5, 5.41) is 0. The Kier molecular flexibility index (Phi) is 6.71. The first kappa shape index (κ1) is 21.8. The molecule has 3 aromatic rings. The van der Waals surface area contributed by atoms with E-state index in [2.05, 4.69) is 16.9 Å². The second-order valence-electron chi connectivity index (χ2n) is 6.78. The number of halogens is 5. The molecule has 1 atom stereocenters. The lowest BCUT2D eigenvalue weighted by Crippen LogP contribution is -2.15. The van der Waals surface area contributed by atoms with E-state index < -0.39 is 40.7 Å². The lowest BCUT2D eigenvalue weighted by molar-refractivity contribution is 0.309. The second-order valence-corrected chi connectivity index (χ2v) is 6.78. The molecule has 0 aliphatic heterocycles. The third-order valence-corrected chi connectivity index (χ3v) is 4.57. The van der Waals surface area contributed by atoms with Crippen LogP contribution in [0.15, 0.2) is 30.5 Å². The minimum absolute atomic E-state index is 0.150. The van der Waals surface area contributed by atoms with E-state index in [1.54, 1.807) is 12.1 Å². The lowest BCUT2D eigenvalue weighted by atomic mass is 10.1.